The standard InChI is InChI=1S/C16H21BrN2O3/c1-18(9-12-5-2-3-7-14(12)17)15(20)11-19-8-4-6-13(10-19)16(21)22/h2-3,5,7,13H,4,6,8-11H2,1H3,(H,21,22). The van der Waals surface area contributed by atoms with Gasteiger partial charge in [0, 0.05) is 24.6 Å². The number of benzene rings is 1. The molecule has 1 atom stereocenters. The van der Waals surface area contributed by atoms with Gasteiger partial charge in [0.15, 0.2) is 0 Å². The third kappa shape index (κ3) is 4.55. The van der Waals surface area contributed by atoms with Crippen molar-refractivity contribution in [2.75, 3.05) is 26.7 Å². The number of carboxylic acid groups (broad SMARTS) is 1. The van der Waals surface area contributed by atoms with Gasteiger partial charge in [-0.25, -0.2) is 0 Å². The van der Waals surface area contributed by atoms with E-state index in [1.54, 1.807) is 11.9 Å². The number of nitrogens with zero attached hydrogens (tertiary/aromatic N) is 2. The number of piperidine rings is 1. The molecule has 0 saturated carbocycles. The predicted molar refractivity (Wildman–Crippen MR) is 87.4 cm³/mol. The van der Waals surface area contributed by atoms with Gasteiger partial charge >= 0.3 is 5.97 Å². The van der Waals surface area contributed by atoms with Crippen molar-refractivity contribution in [3.63, 3.8) is 0 Å². The second-order valence-electron chi connectivity index (χ2n) is 5.75. The topological polar surface area (TPSA) is 60.9 Å². The molecular weight excluding hydrogens is 348 g/mol. The smallest absolute Gasteiger partial charge is 0.307 e. The highest BCUT2D eigenvalue weighted by Gasteiger charge is 2.27. The Bertz CT molecular complexity index is 550. The van der Waals surface area contributed by atoms with Crippen LogP contribution in [-0.4, -0.2) is 53.5 Å². The molecule has 1 aromatic rings. The van der Waals surface area contributed by atoms with Crippen LogP contribution in [0.25, 0.3) is 0 Å². The second kappa shape index (κ2) is 7.74. The lowest BCUT2D eigenvalue weighted by Gasteiger charge is -2.31. The molecule has 1 aliphatic heterocycles. The summed E-state index contributed by atoms with van der Waals surface area (Å²) in [6, 6.07) is 7.82. The van der Waals surface area contributed by atoms with Gasteiger partial charge in [0.2, 0.25) is 5.91 Å². The van der Waals surface area contributed by atoms with Crippen molar-refractivity contribution in [2.24, 2.45) is 5.92 Å². The Morgan fingerprint density at radius 3 is 2.82 bits per heavy atom. The first-order valence-corrected chi connectivity index (χ1v) is 8.19. The highest BCUT2D eigenvalue weighted by atomic mass is 79.9. The molecule has 1 heterocycles. The Balaban J connectivity index is 1.88. The average molecular weight is 369 g/mol. The summed E-state index contributed by atoms with van der Waals surface area (Å²) in [4.78, 5) is 27.0. The van der Waals surface area contributed by atoms with Crippen molar-refractivity contribution in [1.82, 2.24) is 9.80 Å². The summed E-state index contributed by atoms with van der Waals surface area (Å²) in [5.74, 6) is -1.10. The summed E-state index contributed by atoms with van der Waals surface area (Å²) in [5.41, 5.74) is 1.06. The van der Waals surface area contributed by atoms with Crippen LogP contribution in [0.3, 0.4) is 0 Å². The molecule has 0 aliphatic carbocycles. The first-order chi connectivity index (χ1) is 10.5. The van der Waals surface area contributed by atoms with Crippen LogP contribution >= 0.6 is 15.9 Å². The van der Waals surface area contributed by atoms with Crippen molar-refractivity contribution < 1.29 is 14.7 Å². The van der Waals surface area contributed by atoms with E-state index in [1.165, 1.54) is 0 Å². The molecular formula is C16H21BrN2O3. The van der Waals surface area contributed by atoms with Gasteiger partial charge in [-0.3, -0.25) is 14.5 Å². The fourth-order valence-corrected chi connectivity index (χ4v) is 3.09. The van der Waals surface area contributed by atoms with Crippen LogP contribution in [0.2, 0.25) is 0 Å². The highest BCUT2D eigenvalue weighted by molar-refractivity contribution is 9.10. The number of carbonyl (C=O) groups is 2. The highest BCUT2D eigenvalue weighted by Crippen LogP contribution is 2.19. The molecule has 2 rings (SSSR count). The molecule has 5 nitrogen and oxygen atoms in total. The number of likely N-dealkylation sites (tertiary alicyclic amines) is 1. The zero-order valence-electron chi connectivity index (χ0n) is 12.7. The Hall–Kier alpha value is -1.40. The quantitative estimate of drug-likeness (QED) is 0.865. The first kappa shape index (κ1) is 17.0. The van der Waals surface area contributed by atoms with Crippen LogP contribution in [0.15, 0.2) is 28.7 Å². The van der Waals surface area contributed by atoms with Crippen LogP contribution in [0.4, 0.5) is 0 Å². The van der Waals surface area contributed by atoms with Gasteiger partial charge in [0.05, 0.1) is 12.5 Å². The molecule has 1 amide bonds. The number of halogens is 1. The number of hydrogen-bond donors (Lipinski definition) is 1. The van der Waals surface area contributed by atoms with Gasteiger partial charge in [-0.1, -0.05) is 34.1 Å². The minimum atomic E-state index is -0.765. The van der Waals surface area contributed by atoms with E-state index in [0.717, 1.165) is 23.0 Å². The molecule has 1 aromatic carbocycles. The third-order valence-electron chi connectivity index (χ3n) is 4.00. The van der Waals surface area contributed by atoms with Crippen LogP contribution in [-0.2, 0) is 16.1 Å². The molecule has 1 saturated heterocycles. The summed E-state index contributed by atoms with van der Waals surface area (Å²) < 4.78 is 0.985. The van der Waals surface area contributed by atoms with Crippen molar-refractivity contribution >= 4 is 27.8 Å². The number of likely N-dealkylation sites (N-methyl/N-ethyl adjacent to an activating group) is 1. The summed E-state index contributed by atoms with van der Waals surface area (Å²) in [7, 11) is 1.78. The van der Waals surface area contributed by atoms with Crippen LogP contribution in [0.5, 0.6) is 0 Å². The van der Waals surface area contributed by atoms with Crippen molar-refractivity contribution in [3.8, 4) is 0 Å². The molecule has 0 bridgehead atoms. The minimum Gasteiger partial charge on any atom is -0.481 e. The van der Waals surface area contributed by atoms with Gasteiger partial charge in [0.25, 0.3) is 0 Å². The van der Waals surface area contributed by atoms with E-state index >= 15 is 0 Å². The number of aliphatic carboxylic acids is 1. The van der Waals surface area contributed by atoms with E-state index in [4.69, 9.17) is 5.11 Å². The van der Waals surface area contributed by atoms with E-state index in [0.29, 0.717) is 19.5 Å². The maximum absolute atomic E-state index is 12.3. The SMILES string of the molecule is CN(Cc1ccccc1Br)C(=O)CN1CCCC(C(=O)O)C1. The Morgan fingerprint density at radius 1 is 1.41 bits per heavy atom. The first-order valence-electron chi connectivity index (χ1n) is 7.40. The number of carboxylic acids is 1. The Kier molecular flexibility index (Phi) is 5.97. The lowest BCUT2D eigenvalue weighted by Crippen LogP contribution is -2.44. The molecule has 0 aromatic heterocycles. The zero-order chi connectivity index (χ0) is 16.1. The number of amides is 1. The second-order valence-corrected chi connectivity index (χ2v) is 6.61. The molecule has 120 valence electrons. The van der Waals surface area contributed by atoms with E-state index in [1.807, 2.05) is 29.2 Å². The van der Waals surface area contributed by atoms with Crippen molar-refractivity contribution in [2.45, 2.75) is 19.4 Å². The third-order valence-corrected chi connectivity index (χ3v) is 4.78. The summed E-state index contributed by atoms with van der Waals surface area (Å²) >= 11 is 3.48. The van der Waals surface area contributed by atoms with E-state index < -0.39 is 5.97 Å². The van der Waals surface area contributed by atoms with E-state index in [2.05, 4.69) is 15.9 Å². The molecule has 1 aliphatic rings. The van der Waals surface area contributed by atoms with Crippen LogP contribution in [0, 0.1) is 5.92 Å². The van der Waals surface area contributed by atoms with Gasteiger partial charge < -0.3 is 10.0 Å². The predicted octanol–water partition coefficient (Wildman–Crippen LogP) is 2.20. The van der Waals surface area contributed by atoms with Gasteiger partial charge in [-0.05, 0) is 31.0 Å². The molecule has 0 spiro atoms. The largest absolute Gasteiger partial charge is 0.481 e. The molecule has 1 fully saturated rings. The van der Waals surface area contributed by atoms with E-state index in [-0.39, 0.29) is 18.4 Å². The molecule has 1 unspecified atom stereocenters. The molecule has 22 heavy (non-hydrogen) atoms. The minimum absolute atomic E-state index is 0.0155. The summed E-state index contributed by atoms with van der Waals surface area (Å²) in [6.07, 6.45) is 1.53. The maximum atomic E-state index is 12.3. The van der Waals surface area contributed by atoms with Gasteiger partial charge in [-0.2, -0.15) is 0 Å². The lowest BCUT2D eigenvalue weighted by atomic mass is 9.98. The Morgan fingerprint density at radius 2 is 2.14 bits per heavy atom. The monoisotopic (exact) mass is 368 g/mol. The Labute approximate surface area is 139 Å². The number of rotatable bonds is 5. The van der Waals surface area contributed by atoms with Crippen LogP contribution in [0.1, 0.15) is 18.4 Å². The summed E-state index contributed by atoms with van der Waals surface area (Å²) in [5, 5.41) is 9.10. The maximum Gasteiger partial charge on any atom is 0.307 e. The molecule has 0 radical (unpaired) electrons. The van der Waals surface area contributed by atoms with E-state index in [9.17, 15) is 9.59 Å². The average Bonchev–Trinajstić information content (AvgIpc) is 2.49. The van der Waals surface area contributed by atoms with Crippen LogP contribution < -0.4 is 0 Å². The lowest BCUT2D eigenvalue weighted by molar-refractivity contribution is -0.144. The zero-order valence-corrected chi connectivity index (χ0v) is 14.3. The van der Waals surface area contributed by atoms with Gasteiger partial charge in [-0.15, -0.1) is 0 Å². The number of hydrogen-bond acceptors (Lipinski definition) is 3. The molecule has 6 heteroatoms. The van der Waals surface area contributed by atoms with Crippen molar-refractivity contribution in [1.29, 1.82) is 0 Å². The van der Waals surface area contributed by atoms with Gasteiger partial charge in [0.1, 0.15) is 0 Å². The summed E-state index contributed by atoms with van der Waals surface area (Å²) in [6.45, 7) is 2.07. The normalized spacial score (nSPS) is 18.9. The molecule has 1 N–H and O–H groups in total. The van der Waals surface area contributed by atoms with Crippen molar-refractivity contribution in [3.05, 3.63) is 34.3 Å². The fraction of sp³-hybridized carbons (Fsp3) is 0.500. The number of carbonyl (C=O) groups excluding carboxylic acids is 1. The fourth-order valence-electron chi connectivity index (χ4n) is 2.68.